The van der Waals surface area contributed by atoms with Crippen LogP contribution in [0.15, 0.2) is 91.0 Å². The molecule has 9 amide bonds. The van der Waals surface area contributed by atoms with Crippen LogP contribution >= 0.6 is 0 Å². The highest BCUT2D eigenvalue weighted by Gasteiger charge is 2.66. The van der Waals surface area contributed by atoms with Gasteiger partial charge in [-0.1, -0.05) is 0 Å². The second-order valence-electron chi connectivity index (χ2n) is 28.4. The number of hydrogen-bond donors (Lipinski definition) is 10. The van der Waals surface area contributed by atoms with E-state index in [4.69, 9.17) is 69.9 Å². The minimum Gasteiger partial charge on any atom is -0.395 e. The van der Waals surface area contributed by atoms with Crippen LogP contribution in [0.3, 0.4) is 0 Å². The van der Waals surface area contributed by atoms with E-state index in [-0.39, 0.29) is 81.2 Å². The number of aliphatic hydroxyl groups is 3. The standard InChI is InChI=1S/C26H34N6O5.C25H32N6O4.C24H30N6O4/c1-18-17-37-15-11-32(18)24(34)26(6-7-26)21-16-22(31-9-13-36-14-10-31)30-23(29-21)19-2-4-20(5-3-19)28-25(35)27-8-12-33;1-30(19-6-7-19)23(33)25(8-9-25)20-16-21(31-11-14-35-15-12-31)29-22(28-20)17-2-4-18(5-3-17)27-24(34)26-10-13-32;25-22(32)24(14-18(24)15-1-2-15)19-13-20(30-8-11-34-12-9-30)29-21(28-19)16-3-5-17(6-4-16)27-23(33)26-7-10-31/h2-5,16,18,33H,6-15,17H2,1H3,(H2,27,28,35);2-5,16,19,32H,6-15H2,1H3,(H2,26,27,34);3-6,13,15,18,31H,1-2,7-12,14H2,(H2,25,32)(H2,26,27,33)/t18-;;/m0../s1. The number of nitrogens with one attached hydrogen (secondary N) is 6. The van der Waals surface area contributed by atoms with Gasteiger partial charge in [0.05, 0.1) is 112 Å². The number of primary amides is 1. The number of aromatic nitrogens is 6. The quantitative estimate of drug-likeness (QED) is 0.0426. The molecule has 0 spiro atoms. The predicted molar refractivity (Wildman–Crippen MR) is 395 cm³/mol. The van der Waals surface area contributed by atoms with Gasteiger partial charge in [0.15, 0.2) is 17.5 Å². The van der Waals surface area contributed by atoms with Crippen LogP contribution in [0.1, 0.15) is 81.8 Å². The van der Waals surface area contributed by atoms with Gasteiger partial charge in [-0.15, -0.1) is 0 Å². The summed E-state index contributed by atoms with van der Waals surface area (Å²) in [6, 6.07) is 26.9. The third kappa shape index (κ3) is 17.5. The molecule has 3 aromatic carbocycles. The van der Waals surface area contributed by atoms with E-state index in [1.807, 2.05) is 78.4 Å². The lowest BCUT2D eigenvalue weighted by molar-refractivity contribution is -0.142. The Kier molecular flexibility index (Phi) is 23.4. The molecule has 0 radical (unpaired) electrons. The fourth-order valence-electron chi connectivity index (χ4n) is 14.2. The Labute approximate surface area is 615 Å². The molecule has 0 bridgehead atoms. The topological polar surface area (TPSA) is 392 Å². The molecule has 15 rings (SSSR count). The van der Waals surface area contributed by atoms with Crippen molar-refractivity contribution in [1.29, 1.82) is 0 Å². The van der Waals surface area contributed by atoms with Crippen LogP contribution in [0, 0.1) is 11.8 Å². The molecule has 9 fully saturated rings. The predicted octanol–water partition coefficient (Wildman–Crippen LogP) is 4.37. The summed E-state index contributed by atoms with van der Waals surface area (Å²) in [5.41, 5.74) is 10.5. The first-order valence-electron chi connectivity index (χ1n) is 36.9. The maximum atomic E-state index is 13.8. The van der Waals surface area contributed by atoms with Gasteiger partial charge in [0.25, 0.3) is 0 Å². The second kappa shape index (κ2) is 33.4. The van der Waals surface area contributed by atoms with Crippen molar-refractivity contribution >= 4 is 70.3 Å². The number of likely N-dealkylation sites (N-methyl/N-ethyl adjacent to an activating group) is 1. The number of nitrogens with zero attached hydrogens (tertiary/aromatic N) is 11. The summed E-state index contributed by atoms with van der Waals surface area (Å²) >= 11 is 0. The van der Waals surface area contributed by atoms with Crippen LogP contribution in [-0.2, 0) is 49.6 Å². The normalized spacial score (nSPS) is 21.1. The highest BCUT2D eigenvalue weighted by Crippen LogP contribution is 2.63. The van der Waals surface area contributed by atoms with Gasteiger partial charge in [-0.05, 0) is 149 Å². The number of carbonyl (C=O) groups is 6. The molecule has 4 saturated heterocycles. The fourth-order valence-corrected chi connectivity index (χ4v) is 14.2. The number of benzene rings is 3. The summed E-state index contributed by atoms with van der Waals surface area (Å²) in [7, 11) is 1.91. The smallest absolute Gasteiger partial charge is 0.319 e. The average Bonchev–Trinajstić information content (AvgIpc) is 1.54. The Morgan fingerprint density at radius 2 is 0.868 bits per heavy atom. The summed E-state index contributed by atoms with van der Waals surface area (Å²) in [4.78, 5) is 115. The van der Waals surface area contributed by atoms with E-state index < -0.39 is 22.3 Å². The largest absolute Gasteiger partial charge is 0.395 e. The number of urea groups is 3. The van der Waals surface area contributed by atoms with Gasteiger partial charge in [0.1, 0.15) is 17.5 Å². The lowest BCUT2D eigenvalue weighted by Gasteiger charge is -2.36. The van der Waals surface area contributed by atoms with Gasteiger partial charge < -0.3 is 96.4 Å². The Balaban J connectivity index is 0.000000141. The molecular weight excluding hydrogens is 1360 g/mol. The Morgan fingerprint density at radius 1 is 0.500 bits per heavy atom. The van der Waals surface area contributed by atoms with Crippen molar-refractivity contribution in [3.05, 3.63) is 108 Å². The van der Waals surface area contributed by atoms with Crippen molar-refractivity contribution < 1.29 is 63.0 Å². The van der Waals surface area contributed by atoms with Crippen molar-refractivity contribution in [1.82, 2.24) is 55.7 Å². The Bertz CT molecular complexity index is 4090. The third-order valence-corrected chi connectivity index (χ3v) is 21.0. The first-order chi connectivity index (χ1) is 51.5. The summed E-state index contributed by atoms with van der Waals surface area (Å²) in [5.74, 6) is 4.80. The molecule has 7 heterocycles. The molecule has 6 aromatic rings. The molecule has 5 aliphatic carbocycles. The van der Waals surface area contributed by atoms with Gasteiger partial charge >= 0.3 is 18.1 Å². The number of ether oxygens (including phenoxy) is 4. The molecular formula is C75H96N18O13. The van der Waals surface area contributed by atoms with Crippen LogP contribution < -0.4 is 52.3 Å². The molecule has 9 aliphatic rings. The molecule has 5 saturated carbocycles. The minimum atomic E-state index is -0.716. The van der Waals surface area contributed by atoms with E-state index in [1.165, 1.54) is 0 Å². The van der Waals surface area contributed by atoms with E-state index in [1.54, 1.807) is 36.4 Å². The highest BCUT2D eigenvalue weighted by atomic mass is 16.5. The molecule has 31 nitrogen and oxygen atoms in total. The summed E-state index contributed by atoms with van der Waals surface area (Å²) in [6.07, 6.45) is 8.32. The van der Waals surface area contributed by atoms with Crippen LogP contribution in [0.4, 0.5) is 48.9 Å². The first kappa shape index (κ1) is 74.5. The number of anilines is 6. The zero-order chi connectivity index (χ0) is 74.0. The van der Waals surface area contributed by atoms with Crippen LogP contribution in [-0.4, -0.2) is 248 Å². The summed E-state index contributed by atoms with van der Waals surface area (Å²) in [6.45, 7) is 12.1. The zero-order valence-corrected chi connectivity index (χ0v) is 60.1. The molecule has 3 atom stereocenters. The van der Waals surface area contributed by atoms with Crippen molar-refractivity contribution in [3.63, 3.8) is 0 Å². The van der Waals surface area contributed by atoms with Crippen LogP contribution in [0.2, 0.25) is 0 Å². The van der Waals surface area contributed by atoms with E-state index in [0.717, 1.165) is 143 Å². The highest BCUT2D eigenvalue weighted by molar-refractivity contribution is 5.94. The Morgan fingerprint density at radius 3 is 1.22 bits per heavy atom. The second-order valence-corrected chi connectivity index (χ2v) is 28.4. The van der Waals surface area contributed by atoms with Gasteiger partial charge in [-0.25, -0.2) is 44.3 Å². The lowest BCUT2D eigenvalue weighted by atomic mass is 9.95. The number of rotatable bonds is 23. The zero-order valence-electron chi connectivity index (χ0n) is 60.1. The van der Waals surface area contributed by atoms with Gasteiger partial charge in [0, 0.05) is 130 Å². The van der Waals surface area contributed by atoms with E-state index in [9.17, 15) is 28.8 Å². The van der Waals surface area contributed by atoms with Crippen molar-refractivity contribution in [2.75, 3.05) is 176 Å². The number of nitrogens with two attached hydrogens (primary N) is 1. The van der Waals surface area contributed by atoms with Gasteiger partial charge in [-0.3, -0.25) is 14.4 Å². The Hall–Kier alpha value is -9.76. The SMILES string of the molecule is CN(C(=O)C1(c2cc(N3CCOCC3)nc(-c3ccc(NC(=O)NCCO)cc3)n2)CC1)C1CC1.C[C@H]1COCCN1C(=O)C1(c2cc(N3CCOCC3)nc(-c3ccc(NC(=O)NCCO)cc3)n2)CC1.NC(=O)C1(c2cc(N3CCOCC3)nc(-c3ccc(NC(=O)NCCO)cc3)n2)CC1C1CC1. The number of amides is 9. The molecule has 4 aliphatic heterocycles. The van der Waals surface area contributed by atoms with Gasteiger partial charge in [0.2, 0.25) is 17.7 Å². The van der Waals surface area contributed by atoms with E-state index >= 15 is 0 Å². The van der Waals surface area contributed by atoms with Gasteiger partial charge in [-0.2, -0.15) is 0 Å². The monoisotopic (exact) mass is 1460 g/mol. The molecule has 2 unspecified atom stereocenters. The molecule has 106 heavy (non-hydrogen) atoms. The van der Waals surface area contributed by atoms with E-state index in [0.29, 0.717) is 112 Å². The molecule has 564 valence electrons. The summed E-state index contributed by atoms with van der Waals surface area (Å²) in [5, 5.41) is 42.4. The number of morpholine rings is 4. The maximum Gasteiger partial charge on any atom is 0.319 e. The third-order valence-electron chi connectivity index (χ3n) is 21.0. The summed E-state index contributed by atoms with van der Waals surface area (Å²) < 4.78 is 22.1. The van der Waals surface area contributed by atoms with E-state index in [2.05, 4.69) is 46.6 Å². The van der Waals surface area contributed by atoms with Crippen LogP contribution in [0.25, 0.3) is 34.2 Å². The molecule has 3 aromatic heterocycles. The van der Waals surface area contributed by atoms with Crippen molar-refractivity contribution in [2.24, 2.45) is 17.6 Å². The lowest BCUT2D eigenvalue weighted by Crippen LogP contribution is -2.51. The maximum absolute atomic E-state index is 13.8. The number of aliphatic hydroxyl groups excluding tert-OH is 3. The molecule has 11 N–H and O–H groups in total. The molecule has 31 heteroatoms. The fraction of sp³-hybridized carbons (Fsp3) is 0.520. The number of carbonyl (C=O) groups excluding carboxylic acids is 6. The van der Waals surface area contributed by atoms with Crippen molar-refractivity contribution in [2.45, 2.75) is 93.0 Å². The average molecular weight is 1460 g/mol. The van der Waals surface area contributed by atoms with Crippen molar-refractivity contribution in [3.8, 4) is 34.2 Å². The number of hydrogen-bond acceptors (Lipinski definition) is 22. The van der Waals surface area contributed by atoms with Crippen LogP contribution in [0.5, 0.6) is 0 Å². The minimum absolute atomic E-state index is 0.0355. The first-order valence-corrected chi connectivity index (χ1v) is 36.9.